The van der Waals surface area contributed by atoms with Crippen LogP contribution in [0.2, 0.25) is 0 Å². The number of aryl methyl sites for hydroxylation is 1. The Hall–Kier alpha value is -2.58. The molecule has 1 fully saturated rings. The monoisotopic (exact) mass is 440 g/mol. The van der Waals surface area contributed by atoms with Crippen LogP contribution in [-0.4, -0.2) is 27.4 Å². The average molecular weight is 441 g/mol. The lowest BCUT2D eigenvalue weighted by Crippen LogP contribution is -2.47. The molecule has 2 aromatic heterocycles. The Morgan fingerprint density at radius 1 is 1.13 bits per heavy atom. The quantitative estimate of drug-likeness (QED) is 0.600. The van der Waals surface area contributed by atoms with Gasteiger partial charge in [-0.05, 0) is 60.4 Å². The zero-order chi connectivity index (χ0) is 20.9. The van der Waals surface area contributed by atoms with Gasteiger partial charge in [0.2, 0.25) is 5.91 Å². The van der Waals surface area contributed by atoms with Crippen molar-refractivity contribution in [1.82, 2.24) is 14.9 Å². The van der Waals surface area contributed by atoms with Crippen LogP contribution in [0.25, 0.3) is 0 Å². The number of nitrogens with one attached hydrogen (secondary N) is 1. The first-order chi connectivity index (χ1) is 14.6. The molecule has 156 valence electrons. The predicted octanol–water partition coefficient (Wildman–Crippen LogP) is 4.75. The van der Waals surface area contributed by atoms with E-state index in [0.29, 0.717) is 5.69 Å². The maximum atomic E-state index is 13.6. The van der Waals surface area contributed by atoms with Crippen LogP contribution in [0.1, 0.15) is 59.1 Å². The number of anilines is 1. The van der Waals surface area contributed by atoms with Crippen molar-refractivity contribution in [3.05, 3.63) is 63.3 Å². The number of amides is 2. The molecule has 0 radical (unpaired) electrons. The van der Waals surface area contributed by atoms with Gasteiger partial charge in [-0.2, -0.15) is 0 Å². The Morgan fingerprint density at radius 3 is 2.53 bits per heavy atom. The number of benzene rings is 1. The van der Waals surface area contributed by atoms with Crippen molar-refractivity contribution in [2.24, 2.45) is 0 Å². The number of para-hydroxylation sites is 1. The first-order valence-corrected chi connectivity index (χ1v) is 11.9. The van der Waals surface area contributed by atoms with Gasteiger partial charge in [0.25, 0.3) is 5.91 Å². The molecule has 4 rings (SSSR count). The van der Waals surface area contributed by atoms with Crippen LogP contribution in [0.3, 0.4) is 0 Å². The van der Waals surface area contributed by atoms with Crippen molar-refractivity contribution < 1.29 is 9.59 Å². The van der Waals surface area contributed by atoms with Gasteiger partial charge in [0, 0.05) is 22.0 Å². The fourth-order valence-corrected chi connectivity index (χ4v) is 5.34. The summed E-state index contributed by atoms with van der Waals surface area (Å²) in [6, 6.07) is 10.7. The van der Waals surface area contributed by atoms with Crippen molar-refractivity contribution in [1.29, 1.82) is 0 Å². The highest BCUT2D eigenvalue weighted by Gasteiger charge is 2.36. The molecule has 1 atom stereocenters. The lowest BCUT2D eigenvalue weighted by molar-refractivity contribution is -0.123. The maximum Gasteiger partial charge on any atom is 0.280 e. The average Bonchev–Trinajstić information content (AvgIpc) is 3.45. The normalized spacial score (nSPS) is 15.5. The first kappa shape index (κ1) is 20.7. The second-order valence-electron chi connectivity index (χ2n) is 7.51. The maximum absolute atomic E-state index is 13.6. The van der Waals surface area contributed by atoms with Crippen molar-refractivity contribution in [3.8, 4) is 0 Å². The molecule has 0 bridgehead atoms. The highest BCUT2D eigenvalue weighted by atomic mass is 32.1. The first-order valence-electron chi connectivity index (χ1n) is 10.1. The predicted molar refractivity (Wildman–Crippen MR) is 120 cm³/mol. The van der Waals surface area contributed by atoms with E-state index in [2.05, 4.69) is 14.9 Å². The number of nitrogens with zero attached hydrogens (tertiary/aromatic N) is 3. The smallest absolute Gasteiger partial charge is 0.280 e. The van der Waals surface area contributed by atoms with Crippen LogP contribution in [0.15, 0.2) is 47.2 Å². The summed E-state index contributed by atoms with van der Waals surface area (Å²) in [5.41, 5.74) is 1.90. The molecule has 3 aromatic rings. The Labute approximate surface area is 184 Å². The molecule has 1 N–H and O–H groups in total. The largest absolute Gasteiger partial charge is 0.351 e. The second-order valence-corrected chi connectivity index (χ2v) is 9.07. The van der Waals surface area contributed by atoms with E-state index < -0.39 is 6.04 Å². The van der Waals surface area contributed by atoms with Crippen molar-refractivity contribution in [3.63, 3.8) is 0 Å². The van der Waals surface area contributed by atoms with Gasteiger partial charge in [-0.15, -0.1) is 16.4 Å². The van der Waals surface area contributed by atoms with Gasteiger partial charge in [0.1, 0.15) is 0 Å². The molecule has 1 aliphatic carbocycles. The Morgan fingerprint density at radius 2 is 1.90 bits per heavy atom. The number of aromatic nitrogens is 2. The second kappa shape index (κ2) is 9.49. The zero-order valence-electron chi connectivity index (χ0n) is 16.8. The van der Waals surface area contributed by atoms with E-state index >= 15 is 0 Å². The summed E-state index contributed by atoms with van der Waals surface area (Å²) in [6.07, 6.45) is 5.43. The lowest BCUT2D eigenvalue weighted by Gasteiger charge is -2.32. The molecule has 1 saturated carbocycles. The van der Waals surface area contributed by atoms with Gasteiger partial charge in [-0.3, -0.25) is 14.5 Å². The number of hydrogen-bond donors (Lipinski definition) is 1. The topological polar surface area (TPSA) is 75.2 Å². The Bertz CT molecular complexity index is 982. The summed E-state index contributed by atoms with van der Waals surface area (Å²) in [4.78, 5) is 29.6. The summed E-state index contributed by atoms with van der Waals surface area (Å²) in [5.74, 6) is -0.473. The van der Waals surface area contributed by atoms with Crippen molar-refractivity contribution >= 4 is 40.4 Å². The molecule has 1 aliphatic rings. The van der Waals surface area contributed by atoms with E-state index in [0.717, 1.165) is 47.7 Å². The van der Waals surface area contributed by atoms with E-state index in [1.54, 1.807) is 10.3 Å². The highest BCUT2D eigenvalue weighted by Crippen LogP contribution is 2.34. The van der Waals surface area contributed by atoms with E-state index in [4.69, 9.17) is 0 Å². The molecule has 2 heterocycles. The van der Waals surface area contributed by atoms with E-state index in [9.17, 15) is 9.59 Å². The SMILES string of the molecule is Cc1ccsc1C(C(=O)NC1CCCCC1)N(C(=O)c1csnn1)c1ccccc1. The van der Waals surface area contributed by atoms with Gasteiger partial charge >= 0.3 is 0 Å². The van der Waals surface area contributed by atoms with Crippen molar-refractivity contribution in [2.75, 3.05) is 4.90 Å². The minimum Gasteiger partial charge on any atom is -0.351 e. The Kier molecular flexibility index (Phi) is 6.54. The van der Waals surface area contributed by atoms with Gasteiger partial charge in [-0.1, -0.05) is 41.9 Å². The zero-order valence-corrected chi connectivity index (χ0v) is 18.4. The van der Waals surface area contributed by atoms with Crippen LogP contribution in [0.4, 0.5) is 5.69 Å². The number of rotatable bonds is 6. The van der Waals surface area contributed by atoms with Crippen molar-refractivity contribution in [2.45, 2.75) is 51.1 Å². The molecule has 1 unspecified atom stereocenters. The molecule has 0 aliphatic heterocycles. The van der Waals surface area contributed by atoms with E-state index in [1.165, 1.54) is 17.8 Å². The molecule has 0 spiro atoms. The van der Waals surface area contributed by atoms with Crippen LogP contribution in [0, 0.1) is 6.92 Å². The van der Waals surface area contributed by atoms with Crippen LogP contribution in [-0.2, 0) is 4.79 Å². The van der Waals surface area contributed by atoms with Crippen LogP contribution < -0.4 is 10.2 Å². The third-order valence-electron chi connectivity index (χ3n) is 5.44. The fourth-order valence-electron chi connectivity index (χ4n) is 3.90. The number of carbonyl (C=O) groups excluding carboxylic acids is 2. The van der Waals surface area contributed by atoms with Crippen LogP contribution in [0.5, 0.6) is 0 Å². The summed E-state index contributed by atoms with van der Waals surface area (Å²) in [6.45, 7) is 1.98. The van der Waals surface area contributed by atoms with Gasteiger partial charge < -0.3 is 5.32 Å². The number of hydrogen-bond acceptors (Lipinski definition) is 6. The molecular weight excluding hydrogens is 416 g/mol. The third-order valence-corrected chi connectivity index (χ3v) is 7.02. The summed E-state index contributed by atoms with van der Waals surface area (Å²) in [7, 11) is 0. The number of carbonyl (C=O) groups is 2. The number of thiophene rings is 1. The Balaban J connectivity index is 1.75. The molecule has 1 aromatic carbocycles. The summed E-state index contributed by atoms with van der Waals surface area (Å²) < 4.78 is 3.84. The standard InChI is InChI=1S/C22H24N4O2S2/c1-15-12-13-29-20(15)19(21(27)23-16-8-4-2-5-9-16)26(17-10-6-3-7-11-17)22(28)18-14-30-25-24-18/h3,6-7,10-14,16,19H,2,4-5,8-9H2,1H3,(H,23,27). The minimum atomic E-state index is -0.761. The fraction of sp³-hybridized carbons (Fsp3) is 0.364. The van der Waals surface area contributed by atoms with Gasteiger partial charge in [0.05, 0.1) is 0 Å². The lowest BCUT2D eigenvalue weighted by atomic mass is 9.95. The summed E-state index contributed by atoms with van der Waals surface area (Å²) in [5, 5.41) is 10.8. The molecule has 0 saturated heterocycles. The van der Waals surface area contributed by atoms with E-state index in [-0.39, 0.29) is 23.6 Å². The van der Waals surface area contributed by atoms with Gasteiger partial charge in [0.15, 0.2) is 11.7 Å². The molecule has 8 heteroatoms. The van der Waals surface area contributed by atoms with E-state index in [1.807, 2.05) is 48.7 Å². The third kappa shape index (κ3) is 4.44. The van der Waals surface area contributed by atoms with Gasteiger partial charge in [-0.25, -0.2) is 0 Å². The molecular formula is C22H24N4O2S2. The highest BCUT2D eigenvalue weighted by molar-refractivity contribution is 7.10. The van der Waals surface area contributed by atoms with Crippen LogP contribution >= 0.6 is 22.9 Å². The molecule has 6 nitrogen and oxygen atoms in total. The minimum absolute atomic E-state index is 0.146. The molecule has 30 heavy (non-hydrogen) atoms. The molecule has 2 amide bonds. The summed E-state index contributed by atoms with van der Waals surface area (Å²) >= 11 is 2.62.